The van der Waals surface area contributed by atoms with E-state index in [2.05, 4.69) is 5.32 Å². The highest BCUT2D eigenvalue weighted by Crippen LogP contribution is 2.15. The Bertz CT molecular complexity index is 151. The maximum Gasteiger partial charge on any atom is 0.240 e. The Morgan fingerprint density at radius 2 is 2.10 bits per heavy atom. The molecule has 1 rings (SSSR count). The van der Waals surface area contributed by atoms with Gasteiger partial charge in [-0.05, 0) is 14.1 Å². The summed E-state index contributed by atoms with van der Waals surface area (Å²) < 4.78 is 0. The smallest absolute Gasteiger partial charge is 0.240 e. The highest BCUT2D eigenvalue weighted by molar-refractivity contribution is 5.86. The summed E-state index contributed by atoms with van der Waals surface area (Å²) in [6, 6.07) is 0. The largest absolute Gasteiger partial charge is 0.368 e. The van der Waals surface area contributed by atoms with Crippen LogP contribution in [-0.2, 0) is 4.79 Å². The van der Waals surface area contributed by atoms with E-state index in [-0.39, 0.29) is 5.91 Å². The average Bonchev–Trinajstić information content (AvgIpc) is 1.57. The Labute approximate surface area is 60.4 Å². The van der Waals surface area contributed by atoms with Crippen molar-refractivity contribution in [2.45, 2.75) is 5.54 Å². The minimum Gasteiger partial charge on any atom is -0.368 e. The maximum atomic E-state index is 10.9. The molecule has 58 valence electrons. The fourth-order valence-electron chi connectivity index (χ4n) is 1.07. The molecule has 1 aliphatic heterocycles. The van der Waals surface area contributed by atoms with Gasteiger partial charge >= 0.3 is 0 Å². The molecule has 1 heterocycles. The van der Waals surface area contributed by atoms with Crippen molar-refractivity contribution in [3.8, 4) is 0 Å². The van der Waals surface area contributed by atoms with Crippen molar-refractivity contribution < 1.29 is 4.79 Å². The van der Waals surface area contributed by atoms with Crippen LogP contribution in [0.5, 0.6) is 0 Å². The van der Waals surface area contributed by atoms with E-state index in [4.69, 9.17) is 5.73 Å². The first-order chi connectivity index (χ1) is 4.59. The quantitative estimate of drug-likeness (QED) is 0.488. The molecule has 0 atom stereocenters. The fourth-order valence-corrected chi connectivity index (χ4v) is 1.07. The normalized spacial score (nSPS) is 22.3. The van der Waals surface area contributed by atoms with Gasteiger partial charge in [0.05, 0.1) is 0 Å². The molecule has 1 saturated heterocycles. The van der Waals surface area contributed by atoms with Gasteiger partial charge in [-0.2, -0.15) is 0 Å². The number of nitrogens with two attached hydrogens (primary N) is 1. The average molecular weight is 143 g/mol. The van der Waals surface area contributed by atoms with Crippen LogP contribution < -0.4 is 11.1 Å². The summed E-state index contributed by atoms with van der Waals surface area (Å²) >= 11 is 0. The Morgan fingerprint density at radius 3 is 2.10 bits per heavy atom. The zero-order valence-electron chi connectivity index (χ0n) is 6.35. The van der Waals surface area contributed by atoms with E-state index in [9.17, 15) is 4.79 Å². The summed E-state index contributed by atoms with van der Waals surface area (Å²) in [6.07, 6.45) is 0. The van der Waals surface area contributed by atoms with Gasteiger partial charge in [0.2, 0.25) is 5.91 Å². The number of hydrogen-bond donors (Lipinski definition) is 2. The summed E-state index contributed by atoms with van der Waals surface area (Å²) in [7, 11) is 3.73. The number of amides is 1. The Balaban J connectivity index is 2.68. The summed E-state index contributed by atoms with van der Waals surface area (Å²) in [5.74, 6) is -0.240. The molecule has 0 bridgehead atoms. The minimum atomic E-state index is -0.417. The van der Waals surface area contributed by atoms with Crippen LogP contribution in [0.3, 0.4) is 0 Å². The van der Waals surface area contributed by atoms with Crippen molar-refractivity contribution >= 4 is 5.91 Å². The SMILES string of the molecule is CN(C)C1(C(N)=O)CNC1. The molecule has 1 fully saturated rings. The number of likely N-dealkylation sites (N-methyl/N-ethyl adjacent to an activating group) is 1. The van der Waals surface area contributed by atoms with Crippen LogP contribution in [0.2, 0.25) is 0 Å². The van der Waals surface area contributed by atoms with Crippen LogP contribution in [0.1, 0.15) is 0 Å². The molecule has 1 aliphatic rings. The van der Waals surface area contributed by atoms with Gasteiger partial charge in [0, 0.05) is 13.1 Å². The summed E-state index contributed by atoms with van der Waals surface area (Å²) in [4.78, 5) is 12.8. The van der Waals surface area contributed by atoms with Crippen LogP contribution in [-0.4, -0.2) is 43.5 Å². The molecule has 0 aromatic rings. The summed E-state index contributed by atoms with van der Waals surface area (Å²) in [5.41, 5.74) is 4.80. The van der Waals surface area contributed by atoms with E-state index < -0.39 is 5.54 Å². The molecule has 0 radical (unpaired) electrons. The van der Waals surface area contributed by atoms with Crippen LogP contribution in [0.4, 0.5) is 0 Å². The maximum absolute atomic E-state index is 10.9. The third-order valence-corrected chi connectivity index (χ3v) is 2.15. The Morgan fingerprint density at radius 1 is 1.60 bits per heavy atom. The molecular formula is C6H13N3O. The molecule has 0 spiro atoms. The lowest BCUT2D eigenvalue weighted by Gasteiger charge is -2.44. The Hall–Kier alpha value is -0.610. The van der Waals surface area contributed by atoms with Gasteiger partial charge in [0.15, 0.2) is 0 Å². The van der Waals surface area contributed by atoms with Gasteiger partial charge in [-0.1, -0.05) is 0 Å². The van der Waals surface area contributed by atoms with E-state index in [0.717, 1.165) is 0 Å². The van der Waals surface area contributed by atoms with Crippen molar-refractivity contribution in [1.29, 1.82) is 0 Å². The second kappa shape index (κ2) is 2.21. The topological polar surface area (TPSA) is 58.4 Å². The molecule has 4 heteroatoms. The molecule has 0 saturated carbocycles. The number of carbonyl (C=O) groups excluding carboxylic acids is 1. The molecule has 0 unspecified atom stereocenters. The fraction of sp³-hybridized carbons (Fsp3) is 0.833. The lowest BCUT2D eigenvalue weighted by Crippen LogP contribution is -2.73. The van der Waals surface area contributed by atoms with E-state index >= 15 is 0 Å². The number of rotatable bonds is 2. The van der Waals surface area contributed by atoms with Crippen molar-refractivity contribution in [1.82, 2.24) is 10.2 Å². The molecule has 4 nitrogen and oxygen atoms in total. The summed E-state index contributed by atoms with van der Waals surface area (Å²) in [6.45, 7) is 1.35. The zero-order valence-corrected chi connectivity index (χ0v) is 6.35. The molecule has 0 aromatic carbocycles. The molecule has 3 N–H and O–H groups in total. The van der Waals surface area contributed by atoms with Gasteiger partial charge in [-0.15, -0.1) is 0 Å². The monoisotopic (exact) mass is 143 g/mol. The van der Waals surface area contributed by atoms with Crippen molar-refractivity contribution in [2.24, 2.45) is 5.73 Å². The molecule has 1 amide bonds. The van der Waals surface area contributed by atoms with Crippen molar-refractivity contribution in [3.63, 3.8) is 0 Å². The van der Waals surface area contributed by atoms with Crippen LogP contribution >= 0.6 is 0 Å². The Kier molecular flexibility index (Phi) is 1.66. The van der Waals surface area contributed by atoms with Gasteiger partial charge in [-0.25, -0.2) is 0 Å². The third kappa shape index (κ3) is 0.803. The highest BCUT2D eigenvalue weighted by atomic mass is 16.1. The number of nitrogens with one attached hydrogen (secondary N) is 1. The second-order valence-corrected chi connectivity index (χ2v) is 2.89. The van der Waals surface area contributed by atoms with E-state index in [0.29, 0.717) is 13.1 Å². The number of carbonyl (C=O) groups is 1. The van der Waals surface area contributed by atoms with Crippen molar-refractivity contribution in [3.05, 3.63) is 0 Å². The summed E-state index contributed by atoms with van der Waals surface area (Å²) in [5, 5.41) is 3.02. The number of nitrogens with zero attached hydrogens (tertiary/aromatic N) is 1. The lowest BCUT2D eigenvalue weighted by molar-refractivity contribution is -0.131. The highest BCUT2D eigenvalue weighted by Gasteiger charge is 2.44. The van der Waals surface area contributed by atoms with E-state index in [1.165, 1.54) is 0 Å². The van der Waals surface area contributed by atoms with Gasteiger partial charge in [0.25, 0.3) is 0 Å². The molecule has 10 heavy (non-hydrogen) atoms. The molecular weight excluding hydrogens is 130 g/mol. The first-order valence-electron chi connectivity index (χ1n) is 3.28. The number of primary amides is 1. The first-order valence-corrected chi connectivity index (χ1v) is 3.28. The predicted octanol–water partition coefficient (Wildman–Crippen LogP) is -1.62. The standard InChI is InChI=1S/C6H13N3O/c1-9(2)6(5(7)10)3-8-4-6/h8H,3-4H2,1-2H3,(H2,7,10). The van der Waals surface area contributed by atoms with Crippen LogP contribution in [0.25, 0.3) is 0 Å². The molecule has 0 aromatic heterocycles. The van der Waals surface area contributed by atoms with Gasteiger partial charge < -0.3 is 11.1 Å². The van der Waals surface area contributed by atoms with Crippen molar-refractivity contribution in [2.75, 3.05) is 27.2 Å². The van der Waals surface area contributed by atoms with E-state index in [1.54, 1.807) is 0 Å². The van der Waals surface area contributed by atoms with Gasteiger partial charge in [-0.3, -0.25) is 9.69 Å². The lowest BCUT2D eigenvalue weighted by atomic mass is 9.90. The van der Waals surface area contributed by atoms with Crippen LogP contribution in [0, 0.1) is 0 Å². The number of hydrogen-bond acceptors (Lipinski definition) is 3. The molecule has 0 aliphatic carbocycles. The second-order valence-electron chi connectivity index (χ2n) is 2.89. The van der Waals surface area contributed by atoms with Gasteiger partial charge in [0.1, 0.15) is 5.54 Å². The third-order valence-electron chi connectivity index (χ3n) is 2.15. The van der Waals surface area contributed by atoms with E-state index in [1.807, 2.05) is 19.0 Å². The predicted molar refractivity (Wildman–Crippen MR) is 38.5 cm³/mol. The zero-order chi connectivity index (χ0) is 7.78. The minimum absolute atomic E-state index is 0.240. The first kappa shape index (κ1) is 7.50. The van der Waals surface area contributed by atoms with Crippen LogP contribution in [0.15, 0.2) is 0 Å².